The molecule has 1 heterocycles. The summed E-state index contributed by atoms with van der Waals surface area (Å²) in [6.45, 7) is 3.69. The van der Waals surface area contributed by atoms with E-state index in [9.17, 15) is 4.79 Å². The molecule has 6 heteroatoms. The van der Waals surface area contributed by atoms with Gasteiger partial charge in [0, 0.05) is 5.02 Å². The van der Waals surface area contributed by atoms with Crippen LogP contribution in [0.15, 0.2) is 51.5 Å². The van der Waals surface area contributed by atoms with E-state index in [0.717, 1.165) is 21.3 Å². The number of carbonyl (C=O) groups excluding carboxylic acids is 1. The van der Waals surface area contributed by atoms with Crippen LogP contribution in [0.2, 0.25) is 5.02 Å². The monoisotopic (exact) mass is 418 g/mol. The maximum atomic E-state index is 12.9. The van der Waals surface area contributed by atoms with Gasteiger partial charge in [-0.05, 0) is 71.2 Å². The highest BCUT2D eigenvalue weighted by atomic mass is 79.9. The smallest absolute Gasteiger partial charge is 0.280 e. The van der Waals surface area contributed by atoms with Crippen molar-refractivity contribution in [3.8, 4) is 5.75 Å². The van der Waals surface area contributed by atoms with Gasteiger partial charge in [-0.25, -0.2) is 0 Å². The lowest BCUT2D eigenvalue weighted by Gasteiger charge is -2.15. The molecule has 0 saturated heterocycles. The maximum absolute atomic E-state index is 12.9. The van der Waals surface area contributed by atoms with Crippen LogP contribution in [-0.2, 0) is 4.79 Å². The van der Waals surface area contributed by atoms with Gasteiger partial charge in [-0.3, -0.25) is 4.79 Å². The number of rotatable bonds is 3. The van der Waals surface area contributed by atoms with E-state index in [1.54, 1.807) is 13.2 Å². The van der Waals surface area contributed by atoms with Crippen molar-refractivity contribution in [3.05, 3.63) is 62.6 Å². The highest BCUT2D eigenvalue weighted by Crippen LogP contribution is 2.32. The van der Waals surface area contributed by atoms with E-state index in [1.807, 2.05) is 50.3 Å². The van der Waals surface area contributed by atoms with Crippen molar-refractivity contribution >= 4 is 50.9 Å². The molecule has 2 aromatic rings. The minimum atomic E-state index is -0.171. The van der Waals surface area contributed by atoms with Gasteiger partial charge < -0.3 is 4.74 Å². The molecule has 1 aliphatic heterocycles. The maximum Gasteiger partial charge on any atom is 0.280 e. The number of benzene rings is 2. The van der Waals surface area contributed by atoms with Gasteiger partial charge in [0.1, 0.15) is 5.75 Å². The molecule has 1 amide bonds. The molecule has 1 aliphatic rings. The average molecular weight is 420 g/mol. The van der Waals surface area contributed by atoms with Crippen LogP contribution in [0.4, 0.5) is 5.69 Å². The lowest BCUT2D eigenvalue weighted by Crippen LogP contribution is -2.22. The first kappa shape index (κ1) is 17.7. The number of methoxy groups -OCH3 is 1. The SMILES string of the molecule is COc1ccc(/C=C2/C(=O)N(c3cccc(Cl)c3C)N=C2C)cc1Br. The van der Waals surface area contributed by atoms with Crippen LogP contribution in [0.5, 0.6) is 5.75 Å². The van der Waals surface area contributed by atoms with Crippen molar-refractivity contribution in [3.63, 3.8) is 0 Å². The first-order valence-electron chi connectivity index (χ1n) is 7.62. The molecule has 0 aromatic heterocycles. The van der Waals surface area contributed by atoms with Crippen molar-refractivity contribution in [2.24, 2.45) is 5.10 Å². The number of carbonyl (C=O) groups is 1. The Balaban J connectivity index is 1.98. The molecule has 0 saturated carbocycles. The third kappa shape index (κ3) is 3.34. The summed E-state index contributed by atoms with van der Waals surface area (Å²) in [6.07, 6.45) is 1.82. The standard InChI is InChI=1S/C19H16BrClN2O2/c1-11-16(21)5-4-6-17(11)23-19(24)14(12(2)22-23)9-13-7-8-18(25-3)15(20)10-13/h4-10H,1-3H3/b14-9+. The molecule has 128 valence electrons. The van der Waals surface area contributed by atoms with Crippen LogP contribution in [0, 0.1) is 6.92 Å². The molecule has 0 spiro atoms. The highest BCUT2D eigenvalue weighted by molar-refractivity contribution is 9.10. The number of hydrazone groups is 1. The van der Waals surface area contributed by atoms with Crippen molar-refractivity contribution in [1.82, 2.24) is 0 Å². The van der Waals surface area contributed by atoms with Crippen LogP contribution in [0.25, 0.3) is 6.08 Å². The van der Waals surface area contributed by atoms with Gasteiger partial charge >= 0.3 is 0 Å². The van der Waals surface area contributed by atoms with Gasteiger partial charge in [0.25, 0.3) is 5.91 Å². The molecule has 0 aliphatic carbocycles. The molecule has 25 heavy (non-hydrogen) atoms. The fourth-order valence-electron chi connectivity index (χ4n) is 2.61. The number of anilines is 1. The first-order valence-corrected chi connectivity index (χ1v) is 8.80. The third-order valence-electron chi connectivity index (χ3n) is 4.02. The molecule has 2 aromatic carbocycles. The van der Waals surface area contributed by atoms with Gasteiger partial charge in [-0.2, -0.15) is 10.1 Å². The average Bonchev–Trinajstić information content (AvgIpc) is 2.86. The fraction of sp³-hybridized carbons (Fsp3) is 0.158. The summed E-state index contributed by atoms with van der Waals surface area (Å²) in [5.41, 5.74) is 3.61. The van der Waals surface area contributed by atoms with E-state index < -0.39 is 0 Å². The normalized spacial score (nSPS) is 15.7. The second-order valence-corrected chi connectivity index (χ2v) is 6.90. The van der Waals surface area contributed by atoms with E-state index in [2.05, 4.69) is 21.0 Å². The molecule has 0 atom stereocenters. The van der Waals surface area contributed by atoms with Crippen molar-refractivity contribution < 1.29 is 9.53 Å². The zero-order valence-corrected chi connectivity index (χ0v) is 16.4. The predicted molar refractivity (Wildman–Crippen MR) is 105 cm³/mol. The Kier molecular flexibility index (Phi) is 4.97. The number of halogens is 2. The largest absolute Gasteiger partial charge is 0.496 e. The van der Waals surface area contributed by atoms with Gasteiger partial charge in [0.15, 0.2) is 0 Å². The summed E-state index contributed by atoms with van der Waals surface area (Å²) in [5.74, 6) is 0.566. The minimum absolute atomic E-state index is 0.171. The van der Waals surface area contributed by atoms with Gasteiger partial charge in [0.05, 0.1) is 28.6 Å². The summed E-state index contributed by atoms with van der Waals surface area (Å²) in [5, 5.41) is 6.42. The zero-order valence-electron chi connectivity index (χ0n) is 14.0. The van der Waals surface area contributed by atoms with Crippen LogP contribution in [0.3, 0.4) is 0 Å². The second-order valence-electron chi connectivity index (χ2n) is 5.64. The number of amides is 1. The quantitative estimate of drug-likeness (QED) is 0.640. The van der Waals surface area contributed by atoms with Crippen LogP contribution in [-0.4, -0.2) is 18.7 Å². The zero-order chi connectivity index (χ0) is 18.1. The van der Waals surface area contributed by atoms with E-state index >= 15 is 0 Å². The lowest BCUT2D eigenvalue weighted by molar-refractivity contribution is -0.114. The minimum Gasteiger partial charge on any atom is -0.496 e. The number of ether oxygens (including phenoxy) is 1. The number of nitrogens with zero attached hydrogens (tertiary/aromatic N) is 2. The summed E-state index contributed by atoms with van der Waals surface area (Å²) >= 11 is 9.63. The van der Waals surface area contributed by atoms with Crippen molar-refractivity contribution in [2.75, 3.05) is 12.1 Å². The number of hydrogen-bond acceptors (Lipinski definition) is 3. The highest BCUT2D eigenvalue weighted by Gasteiger charge is 2.29. The third-order valence-corrected chi connectivity index (χ3v) is 5.05. The van der Waals surface area contributed by atoms with Crippen molar-refractivity contribution in [1.29, 1.82) is 0 Å². The molecule has 4 nitrogen and oxygen atoms in total. The lowest BCUT2D eigenvalue weighted by atomic mass is 10.1. The molecule has 0 radical (unpaired) electrons. The fourth-order valence-corrected chi connectivity index (χ4v) is 3.34. The van der Waals surface area contributed by atoms with Crippen LogP contribution in [0.1, 0.15) is 18.1 Å². The molecule has 3 rings (SSSR count). The topological polar surface area (TPSA) is 41.9 Å². The Hall–Kier alpha value is -2.11. The first-order chi connectivity index (χ1) is 11.9. The van der Waals surface area contributed by atoms with Gasteiger partial charge in [-0.15, -0.1) is 0 Å². The molecule has 0 N–H and O–H groups in total. The van der Waals surface area contributed by atoms with E-state index in [-0.39, 0.29) is 5.91 Å². The van der Waals surface area contributed by atoms with Crippen LogP contribution >= 0.6 is 27.5 Å². The Bertz CT molecular complexity index is 922. The van der Waals surface area contributed by atoms with Gasteiger partial charge in [-0.1, -0.05) is 23.7 Å². The Morgan fingerprint density at radius 3 is 2.68 bits per heavy atom. The Morgan fingerprint density at radius 2 is 2.00 bits per heavy atom. The van der Waals surface area contributed by atoms with E-state index in [1.165, 1.54) is 5.01 Å². The molecule has 0 unspecified atom stereocenters. The second kappa shape index (κ2) is 7.02. The van der Waals surface area contributed by atoms with Crippen molar-refractivity contribution in [2.45, 2.75) is 13.8 Å². The van der Waals surface area contributed by atoms with Gasteiger partial charge in [0.2, 0.25) is 0 Å². The summed E-state index contributed by atoms with van der Waals surface area (Å²) < 4.78 is 6.06. The van der Waals surface area contributed by atoms with Crippen LogP contribution < -0.4 is 9.75 Å². The molecular formula is C19H16BrClN2O2. The summed E-state index contributed by atoms with van der Waals surface area (Å²) in [7, 11) is 1.61. The summed E-state index contributed by atoms with van der Waals surface area (Å²) in [6, 6.07) is 11.1. The molecular weight excluding hydrogens is 404 g/mol. The molecule has 0 bridgehead atoms. The Morgan fingerprint density at radius 1 is 1.24 bits per heavy atom. The van der Waals surface area contributed by atoms with E-state index in [4.69, 9.17) is 16.3 Å². The summed E-state index contributed by atoms with van der Waals surface area (Å²) in [4.78, 5) is 12.9. The molecule has 0 fully saturated rings. The van der Waals surface area contributed by atoms with E-state index in [0.29, 0.717) is 22.0 Å². The predicted octanol–water partition coefficient (Wildman–Crippen LogP) is 5.23. The number of hydrogen-bond donors (Lipinski definition) is 0. The Labute approximate surface area is 159 Å².